The first-order chi connectivity index (χ1) is 15.4. The molecule has 0 bridgehead atoms. The van der Waals surface area contributed by atoms with Gasteiger partial charge in [-0.25, -0.2) is 8.42 Å². The zero-order valence-electron chi connectivity index (χ0n) is 17.8. The number of pyridine rings is 1. The highest BCUT2D eigenvalue weighted by Gasteiger charge is 2.31. The Morgan fingerprint density at radius 3 is 2.48 bits per heavy atom. The largest absolute Gasteiger partial charge is 0.463 e. The van der Waals surface area contributed by atoms with E-state index >= 15 is 0 Å². The summed E-state index contributed by atoms with van der Waals surface area (Å²) in [4.78, 5) is 17.2. The quantitative estimate of drug-likeness (QED) is 0.433. The molecular weight excluding hydrogens is 459 g/mol. The van der Waals surface area contributed by atoms with Gasteiger partial charge in [0.1, 0.15) is 11.8 Å². The van der Waals surface area contributed by atoms with E-state index in [0.29, 0.717) is 16.8 Å². The molecule has 33 heavy (non-hydrogen) atoms. The Morgan fingerprint density at radius 1 is 1.15 bits per heavy atom. The Hall–Kier alpha value is -3.47. The number of aromatic nitrogens is 3. The Kier molecular flexibility index (Phi) is 5.39. The van der Waals surface area contributed by atoms with Crippen molar-refractivity contribution in [1.82, 2.24) is 14.8 Å². The molecule has 0 N–H and O–H groups in total. The number of benzene rings is 1. The standard InChI is InChI=1S/C22H18F3N3O4S/c1-4-33(30,31)19-7-13(16-10-28(3)27-12(16)2)9-26-20(19)17-11-32-18-8-14(22(23,24)25)5-6-15(18)21(17)29/h5-11H,4H2,1-3H3. The number of hydrogen-bond acceptors (Lipinski definition) is 6. The molecule has 0 saturated carbocycles. The smallest absolute Gasteiger partial charge is 0.416 e. The van der Waals surface area contributed by atoms with Crippen LogP contribution in [0.25, 0.3) is 33.4 Å². The minimum atomic E-state index is -4.60. The van der Waals surface area contributed by atoms with E-state index in [4.69, 9.17) is 4.42 Å². The van der Waals surface area contributed by atoms with Gasteiger partial charge in [0.05, 0.1) is 38.5 Å². The molecule has 0 radical (unpaired) electrons. The average molecular weight is 477 g/mol. The van der Waals surface area contributed by atoms with Crippen molar-refractivity contribution in [2.24, 2.45) is 7.05 Å². The van der Waals surface area contributed by atoms with Crippen LogP contribution in [0.5, 0.6) is 0 Å². The van der Waals surface area contributed by atoms with Crippen molar-refractivity contribution >= 4 is 20.8 Å². The van der Waals surface area contributed by atoms with E-state index in [9.17, 15) is 26.4 Å². The van der Waals surface area contributed by atoms with Gasteiger partial charge in [-0.1, -0.05) is 6.92 Å². The number of fused-ring (bicyclic) bond motifs is 1. The molecule has 0 unspecified atom stereocenters. The summed E-state index contributed by atoms with van der Waals surface area (Å²) in [5.41, 5.74) is -0.365. The summed E-state index contributed by atoms with van der Waals surface area (Å²) in [7, 11) is -2.10. The third-order valence-corrected chi connectivity index (χ3v) is 6.99. The molecule has 11 heteroatoms. The molecule has 3 aromatic heterocycles. The first kappa shape index (κ1) is 22.7. The minimum absolute atomic E-state index is 0.116. The Labute approximate surface area is 186 Å². The highest BCUT2D eigenvalue weighted by molar-refractivity contribution is 7.91. The highest BCUT2D eigenvalue weighted by atomic mass is 32.2. The van der Waals surface area contributed by atoms with E-state index in [2.05, 4.69) is 10.1 Å². The van der Waals surface area contributed by atoms with Crippen LogP contribution in [0, 0.1) is 6.92 Å². The van der Waals surface area contributed by atoms with E-state index in [1.54, 1.807) is 24.9 Å². The molecule has 4 rings (SSSR count). The third kappa shape index (κ3) is 4.04. The summed E-state index contributed by atoms with van der Waals surface area (Å²) in [6, 6.07) is 3.93. The summed E-state index contributed by atoms with van der Waals surface area (Å²) in [6.07, 6.45) is -0.520. The molecule has 0 aliphatic heterocycles. The van der Waals surface area contributed by atoms with Crippen LogP contribution < -0.4 is 5.43 Å². The summed E-state index contributed by atoms with van der Waals surface area (Å²) in [6.45, 7) is 3.23. The van der Waals surface area contributed by atoms with Gasteiger partial charge in [0.25, 0.3) is 0 Å². The molecule has 0 atom stereocenters. The fourth-order valence-corrected chi connectivity index (χ4v) is 4.61. The van der Waals surface area contributed by atoms with Gasteiger partial charge >= 0.3 is 6.18 Å². The van der Waals surface area contributed by atoms with Gasteiger partial charge < -0.3 is 4.42 Å². The Bertz CT molecular complexity index is 1550. The first-order valence-electron chi connectivity index (χ1n) is 9.79. The molecule has 172 valence electrons. The number of alkyl halides is 3. The van der Waals surface area contributed by atoms with E-state index in [-0.39, 0.29) is 32.9 Å². The van der Waals surface area contributed by atoms with Gasteiger partial charge in [-0.15, -0.1) is 0 Å². The lowest BCUT2D eigenvalue weighted by Crippen LogP contribution is -2.12. The van der Waals surface area contributed by atoms with Crippen molar-refractivity contribution in [3.05, 3.63) is 64.4 Å². The van der Waals surface area contributed by atoms with Gasteiger partial charge in [0.2, 0.25) is 5.43 Å². The molecule has 0 aliphatic rings. The fourth-order valence-electron chi connectivity index (χ4n) is 3.54. The topological polar surface area (TPSA) is 95.1 Å². The lowest BCUT2D eigenvalue weighted by Gasteiger charge is -2.11. The summed E-state index contributed by atoms with van der Waals surface area (Å²) in [5, 5.41) is 4.13. The SMILES string of the molecule is CCS(=O)(=O)c1cc(-c2cn(C)nc2C)cnc1-c1coc2cc(C(F)(F)F)ccc2c1=O. The van der Waals surface area contributed by atoms with Crippen LogP contribution in [0.15, 0.2) is 57.0 Å². The molecule has 4 aromatic rings. The molecule has 0 aliphatic carbocycles. The summed E-state index contributed by atoms with van der Waals surface area (Å²) >= 11 is 0. The molecule has 7 nitrogen and oxygen atoms in total. The van der Waals surface area contributed by atoms with E-state index in [0.717, 1.165) is 24.5 Å². The average Bonchev–Trinajstić information content (AvgIpc) is 3.10. The van der Waals surface area contributed by atoms with Gasteiger partial charge in [0.15, 0.2) is 9.84 Å². The van der Waals surface area contributed by atoms with Crippen molar-refractivity contribution in [2.45, 2.75) is 24.9 Å². The molecular formula is C22H18F3N3O4S. The van der Waals surface area contributed by atoms with Crippen LogP contribution in [0.2, 0.25) is 0 Å². The predicted molar refractivity (Wildman–Crippen MR) is 115 cm³/mol. The maximum atomic E-state index is 13.1. The van der Waals surface area contributed by atoms with E-state index in [1.807, 2.05) is 0 Å². The van der Waals surface area contributed by atoms with E-state index in [1.165, 1.54) is 19.2 Å². The van der Waals surface area contributed by atoms with Gasteiger partial charge in [-0.2, -0.15) is 18.3 Å². The van der Waals surface area contributed by atoms with Crippen LogP contribution in [-0.2, 0) is 23.1 Å². The maximum Gasteiger partial charge on any atom is 0.416 e. The molecule has 1 aromatic carbocycles. The van der Waals surface area contributed by atoms with Crippen LogP contribution in [0.3, 0.4) is 0 Å². The zero-order chi connectivity index (χ0) is 24.1. The second-order valence-corrected chi connectivity index (χ2v) is 9.71. The minimum Gasteiger partial charge on any atom is -0.463 e. The fraction of sp³-hybridized carbons (Fsp3) is 0.227. The zero-order valence-corrected chi connectivity index (χ0v) is 18.6. The molecule has 3 heterocycles. The van der Waals surface area contributed by atoms with Crippen molar-refractivity contribution in [3.8, 4) is 22.4 Å². The molecule has 0 spiro atoms. The number of halogens is 3. The van der Waals surface area contributed by atoms with Crippen LogP contribution >= 0.6 is 0 Å². The molecule has 0 saturated heterocycles. The normalized spacial score (nSPS) is 12.4. The van der Waals surface area contributed by atoms with Crippen molar-refractivity contribution < 1.29 is 26.0 Å². The monoisotopic (exact) mass is 477 g/mol. The van der Waals surface area contributed by atoms with Crippen LogP contribution in [0.1, 0.15) is 18.2 Å². The number of sulfone groups is 1. The van der Waals surface area contributed by atoms with Crippen LogP contribution in [-0.4, -0.2) is 28.9 Å². The van der Waals surface area contributed by atoms with Gasteiger partial charge in [-0.3, -0.25) is 14.5 Å². The molecule has 0 fully saturated rings. The Morgan fingerprint density at radius 2 is 1.88 bits per heavy atom. The van der Waals surface area contributed by atoms with Crippen molar-refractivity contribution in [3.63, 3.8) is 0 Å². The Balaban J connectivity index is 1.95. The second kappa shape index (κ2) is 7.84. The lowest BCUT2D eigenvalue weighted by atomic mass is 10.1. The van der Waals surface area contributed by atoms with Crippen molar-refractivity contribution in [2.75, 3.05) is 5.75 Å². The van der Waals surface area contributed by atoms with Crippen molar-refractivity contribution in [1.29, 1.82) is 0 Å². The number of rotatable bonds is 4. The number of aryl methyl sites for hydroxylation is 2. The van der Waals surface area contributed by atoms with Gasteiger partial charge in [-0.05, 0) is 31.2 Å². The predicted octanol–water partition coefficient (Wildman–Crippen LogP) is 4.38. The van der Waals surface area contributed by atoms with E-state index < -0.39 is 27.0 Å². The number of hydrogen-bond donors (Lipinski definition) is 0. The first-order valence-corrected chi connectivity index (χ1v) is 11.4. The highest BCUT2D eigenvalue weighted by Crippen LogP contribution is 2.33. The van der Waals surface area contributed by atoms with Crippen LogP contribution in [0.4, 0.5) is 13.2 Å². The number of nitrogens with zero attached hydrogens (tertiary/aromatic N) is 3. The summed E-state index contributed by atoms with van der Waals surface area (Å²) in [5.74, 6) is -0.245. The second-order valence-electron chi connectivity index (χ2n) is 7.46. The van der Waals surface area contributed by atoms with Gasteiger partial charge in [0, 0.05) is 30.6 Å². The third-order valence-electron chi connectivity index (χ3n) is 5.25. The molecule has 0 amide bonds. The lowest BCUT2D eigenvalue weighted by molar-refractivity contribution is -0.137. The summed E-state index contributed by atoms with van der Waals surface area (Å²) < 4.78 is 71.6. The maximum absolute atomic E-state index is 13.1.